The molecule has 0 saturated heterocycles. The van der Waals surface area contributed by atoms with Gasteiger partial charge in [-0.2, -0.15) is 0 Å². The van der Waals surface area contributed by atoms with Gasteiger partial charge in [-0.1, -0.05) is 39.0 Å². The molecule has 4 aromatic carbocycles. The summed E-state index contributed by atoms with van der Waals surface area (Å²) in [6.07, 6.45) is 6.45. The molecule has 0 atom stereocenters. The summed E-state index contributed by atoms with van der Waals surface area (Å²) in [5, 5.41) is 9.40. The van der Waals surface area contributed by atoms with Crippen LogP contribution in [0.2, 0.25) is 0 Å². The number of benzene rings is 4. The van der Waals surface area contributed by atoms with Crippen LogP contribution in [0.25, 0.3) is 0 Å². The van der Waals surface area contributed by atoms with E-state index in [0.29, 0.717) is 29.4 Å². The summed E-state index contributed by atoms with van der Waals surface area (Å²) >= 11 is 0. The minimum Gasteiger partial charge on any atom is -0.508 e. The van der Waals surface area contributed by atoms with E-state index in [1.807, 2.05) is 0 Å². The molecule has 268 valence electrons. The Hall–Kier alpha value is -4.95. The predicted octanol–water partition coefficient (Wildman–Crippen LogP) is 7.60. The monoisotopic (exact) mass is 726 g/mol. The zero-order valence-corrected chi connectivity index (χ0v) is 29.8. The Morgan fingerprint density at radius 3 is 2.08 bits per heavy atom. The molecule has 0 radical (unpaired) electrons. The Kier molecular flexibility index (Phi) is 13.3. The van der Waals surface area contributed by atoms with Crippen LogP contribution in [0.15, 0.2) is 89.8 Å². The van der Waals surface area contributed by atoms with Crippen LogP contribution in [0, 0.1) is 6.92 Å². The molecule has 3 N–H and O–H groups in total. The Labute approximate surface area is 293 Å². The molecule has 0 saturated carbocycles. The van der Waals surface area contributed by atoms with E-state index in [1.165, 1.54) is 99.2 Å². The van der Waals surface area contributed by atoms with Crippen molar-refractivity contribution >= 4 is 37.4 Å². The lowest BCUT2D eigenvalue weighted by Gasteiger charge is -2.14. The molecule has 0 aliphatic carbocycles. The van der Waals surface area contributed by atoms with Gasteiger partial charge >= 0.3 is 5.97 Å². The first-order valence-corrected chi connectivity index (χ1v) is 19.2. The van der Waals surface area contributed by atoms with Crippen LogP contribution in [0.4, 0.5) is 11.4 Å². The number of carbonyl (C=O) groups excluding carboxylic acids is 1. The topological polar surface area (TPSA) is 167 Å². The lowest BCUT2D eigenvalue weighted by molar-refractivity contribution is 0.0497. The van der Waals surface area contributed by atoms with Crippen molar-refractivity contribution in [2.45, 2.75) is 57.3 Å². The molecule has 0 amide bonds. The number of unbranched alkanes of at least 4 members (excludes halogenated alkanes) is 5. The van der Waals surface area contributed by atoms with Crippen LogP contribution in [0.5, 0.6) is 28.7 Å². The predicted molar refractivity (Wildman–Crippen MR) is 191 cm³/mol. The molecule has 0 spiro atoms. The van der Waals surface area contributed by atoms with E-state index in [2.05, 4.69) is 16.4 Å². The van der Waals surface area contributed by atoms with E-state index < -0.39 is 32.0 Å². The van der Waals surface area contributed by atoms with E-state index in [1.54, 1.807) is 19.1 Å². The van der Waals surface area contributed by atoms with Gasteiger partial charge in [-0.25, -0.2) is 21.6 Å². The summed E-state index contributed by atoms with van der Waals surface area (Å²) in [7, 11) is -6.46. The Morgan fingerprint density at radius 2 is 1.40 bits per heavy atom. The average molecular weight is 727 g/mol. The molecular formula is C36H42N2O10S2. The second kappa shape index (κ2) is 17.6. The van der Waals surface area contributed by atoms with Gasteiger partial charge in [0.05, 0.1) is 24.2 Å². The number of phenols is 1. The van der Waals surface area contributed by atoms with Gasteiger partial charge in [0.1, 0.15) is 17.2 Å². The van der Waals surface area contributed by atoms with Crippen LogP contribution in [-0.2, 0) is 24.8 Å². The van der Waals surface area contributed by atoms with Crippen LogP contribution in [-0.4, -0.2) is 47.6 Å². The number of carbonyl (C=O) groups is 1. The number of hydrogen-bond acceptors (Lipinski definition) is 10. The highest BCUT2D eigenvalue weighted by Crippen LogP contribution is 2.31. The fraction of sp³-hybridized carbons (Fsp3) is 0.306. The minimum absolute atomic E-state index is 0.0106. The van der Waals surface area contributed by atoms with E-state index in [0.717, 1.165) is 19.3 Å². The molecule has 0 aliphatic rings. The van der Waals surface area contributed by atoms with Crippen LogP contribution in [0.1, 0.15) is 61.4 Å². The highest BCUT2D eigenvalue weighted by molar-refractivity contribution is 7.93. The quantitative estimate of drug-likeness (QED) is 0.0498. The highest BCUT2D eigenvalue weighted by atomic mass is 32.2. The van der Waals surface area contributed by atoms with Crippen molar-refractivity contribution in [2.75, 3.05) is 29.1 Å². The molecular weight excluding hydrogens is 685 g/mol. The smallest absolute Gasteiger partial charge is 0.338 e. The van der Waals surface area contributed by atoms with Gasteiger partial charge in [-0.3, -0.25) is 9.44 Å². The van der Waals surface area contributed by atoms with Crippen molar-refractivity contribution < 1.29 is 45.7 Å². The number of anilines is 2. The van der Waals surface area contributed by atoms with E-state index in [9.17, 15) is 26.7 Å². The molecule has 4 aromatic rings. The molecule has 0 unspecified atom stereocenters. The fourth-order valence-electron chi connectivity index (χ4n) is 4.78. The maximum Gasteiger partial charge on any atom is 0.338 e. The number of sulfonamides is 2. The summed E-state index contributed by atoms with van der Waals surface area (Å²) in [5.41, 5.74) is 1.45. The van der Waals surface area contributed by atoms with Crippen LogP contribution in [0.3, 0.4) is 0 Å². The lowest BCUT2D eigenvalue weighted by Crippen LogP contribution is -2.20. The minimum atomic E-state index is -3.98. The Bertz CT molecular complexity index is 1950. The molecule has 0 aliphatic heterocycles. The molecule has 12 nitrogen and oxygen atoms in total. The zero-order valence-electron chi connectivity index (χ0n) is 28.2. The first-order chi connectivity index (χ1) is 23.9. The second-order valence-electron chi connectivity index (χ2n) is 11.5. The maximum absolute atomic E-state index is 12.9. The van der Waals surface area contributed by atoms with Gasteiger partial charge in [0.15, 0.2) is 11.5 Å². The number of aromatic hydroxyl groups is 1. The van der Waals surface area contributed by atoms with Crippen molar-refractivity contribution in [3.63, 3.8) is 0 Å². The summed E-state index contributed by atoms with van der Waals surface area (Å²) in [6, 6.07) is 20.5. The van der Waals surface area contributed by atoms with E-state index in [4.69, 9.17) is 18.9 Å². The molecule has 50 heavy (non-hydrogen) atoms. The van der Waals surface area contributed by atoms with Crippen molar-refractivity contribution in [1.82, 2.24) is 0 Å². The van der Waals surface area contributed by atoms with Crippen molar-refractivity contribution in [3.05, 3.63) is 96.1 Å². The van der Waals surface area contributed by atoms with Gasteiger partial charge in [-0.05, 0) is 104 Å². The number of esters is 1. The third kappa shape index (κ3) is 11.3. The van der Waals surface area contributed by atoms with Crippen molar-refractivity contribution in [1.29, 1.82) is 0 Å². The van der Waals surface area contributed by atoms with Gasteiger partial charge in [0.25, 0.3) is 20.0 Å². The molecule has 0 bridgehead atoms. The number of phenolic OH excluding ortho intramolecular Hbond substituents is 1. The fourth-order valence-corrected chi connectivity index (χ4v) is 6.66. The summed E-state index contributed by atoms with van der Waals surface area (Å²) in [5.74, 6) is -0.0837. The summed E-state index contributed by atoms with van der Waals surface area (Å²) in [4.78, 5) is 12.5. The molecule has 14 heteroatoms. The first-order valence-electron chi connectivity index (χ1n) is 16.1. The number of nitrogens with one attached hydrogen (secondary N) is 2. The van der Waals surface area contributed by atoms with Crippen LogP contribution < -0.4 is 23.7 Å². The normalized spacial score (nSPS) is 11.4. The average Bonchev–Trinajstić information content (AvgIpc) is 3.09. The number of methoxy groups -OCH3 is 1. The van der Waals surface area contributed by atoms with Gasteiger partial charge < -0.3 is 24.1 Å². The zero-order chi connectivity index (χ0) is 36.1. The SMILES string of the molecule is CCCCCCCCOC(=O)c1ccc(OCS(=O)(=O)Nc2ccc(Oc3ccc(S(=O)(=O)Nc4ccc(O)cc4)cc3)c(C)c2)c(OC)c1. The van der Waals surface area contributed by atoms with Gasteiger partial charge in [-0.15, -0.1) is 0 Å². The lowest BCUT2D eigenvalue weighted by atomic mass is 10.1. The number of ether oxygens (including phenoxy) is 4. The molecule has 4 rings (SSSR count). The Morgan fingerprint density at radius 1 is 0.740 bits per heavy atom. The van der Waals surface area contributed by atoms with Crippen LogP contribution >= 0.6 is 0 Å². The molecule has 0 fully saturated rings. The van der Waals surface area contributed by atoms with Gasteiger partial charge in [0, 0.05) is 11.4 Å². The number of hydrogen-bond donors (Lipinski definition) is 3. The molecule has 0 heterocycles. The van der Waals surface area contributed by atoms with Crippen molar-refractivity contribution in [2.24, 2.45) is 0 Å². The van der Waals surface area contributed by atoms with E-state index in [-0.39, 0.29) is 33.4 Å². The third-order valence-electron chi connectivity index (χ3n) is 7.43. The van der Waals surface area contributed by atoms with E-state index >= 15 is 0 Å². The number of aryl methyl sites for hydroxylation is 1. The third-order valence-corrected chi connectivity index (χ3v) is 9.80. The maximum atomic E-state index is 12.9. The van der Waals surface area contributed by atoms with Crippen molar-refractivity contribution in [3.8, 4) is 28.7 Å². The Balaban J connectivity index is 1.29. The van der Waals surface area contributed by atoms with Gasteiger partial charge in [0.2, 0.25) is 5.94 Å². The number of rotatable bonds is 19. The second-order valence-corrected chi connectivity index (χ2v) is 14.8. The summed E-state index contributed by atoms with van der Waals surface area (Å²) < 4.78 is 78.2. The highest BCUT2D eigenvalue weighted by Gasteiger charge is 2.18. The largest absolute Gasteiger partial charge is 0.508 e. The first kappa shape index (κ1) is 37.9. The molecule has 0 aromatic heterocycles. The standard InChI is InChI=1S/C36H42N2O10S2/c1-4-5-6-7-8-9-22-46-36(40)27-10-20-34(35(24-27)45-3)47-25-49(41,42)37-29-13-21-33(26(2)23-29)48-31-16-18-32(19-17-31)50(43,44)38-28-11-14-30(39)15-12-28/h10-21,23-24,37-39H,4-9,22,25H2,1-3H3. The summed E-state index contributed by atoms with van der Waals surface area (Å²) in [6.45, 7) is 4.21.